The molecule has 0 radical (unpaired) electrons. The van der Waals surface area contributed by atoms with E-state index in [0.29, 0.717) is 0 Å². The third-order valence-corrected chi connectivity index (χ3v) is 4.32. The molecule has 1 N–H and O–H groups in total. The Morgan fingerprint density at radius 2 is 2.00 bits per heavy atom. The fourth-order valence-electron chi connectivity index (χ4n) is 2.78. The van der Waals surface area contributed by atoms with E-state index < -0.39 is 0 Å². The van der Waals surface area contributed by atoms with Crippen LogP contribution in [0.5, 0.6) is 0 Å². The SMILES string of the molecule is CC(O)C1CCN(C(C)C(=O)N(C)c2ccccc2)C1. The zero-order valence-electron chi connectivity index (χ0n) is 12.5. The van der Waals surface area contributed by atoms with Gasteiger partial charge in [-0.15, -0.1) is 0 Å². The smallest absolute Gasteiger partial charge is 0.243 e. The molecule has 1 amide bonds. The number of anilines is 1. The molecule has 1 aliphatic rings. The van der Waals surface area contributed by atoms with Crippen molar-refractivity contribution in [1.29, 1.82) is 0 Å². The highest BCUT2D eigenvalue weighted by atomic mass is 16.3. The predicted molar refractivity (Wildman–Crippen MR) is 80.7 cm³/mol. The molecular formula is C16H24N2O2. The quantitative estimate of drug-likeness (QED) is 0.911. The van der Waals surface area contributed by atoms with Crippen molar-refractivity contribution in [1.82, 2.24) is 4.90 Å². The molecule has 3 atom stereocenters. The highest BCUT2D eigenvalue weighted by Crippen LogP contribution is 2.23. The van der Waals surface area contributed by atoms with E-state index in [4.69, 9.17) is 0 Å². The lowest BCUT2D eigenvalue weighted by Crippen LogP contribution is -2.45. The number of amides is 1. The average Bonchev–Trinajstić information content (AvgIpc) is 2.96. The van der Waals surface area contributed by atoms with Crippen molar-refractivity contribution in [3.05, 3.63) is 30.3 Å². The maximum absolute atomic E-state index is 12.5. The summed E-state index contributed by atoms with van der Waals surface area (Å²) in [6, 6.07) is 9.54. The van der Waals surface area contributed by atoms with Gasteiger partial charge in [0.05, 0.1) is 12.1 Å². The van der Waals surface area contributed by atoms with E-state index in [1.807, 2.05) is 51.2 Å². The first-order valence-corrected chi connectivity index (χ1v) is 7.25. The molecule has 20 heavy (non-hydrogen) atoms. The van der Waals surface area contributed by atoms with Gasteiger partial charge in [-0.2, -0.15) is 0 Å². The number of hydrogen-bond donors (Lipinski definition) is 1. The summed E-state index contributed by atoms with van der Waals surface area (Å²) in [6.45, 7) is 5.46. The Kier molecular flexibility index (Phi) is 4.78. The number of para-hydroxylation sites is 1. The summed E-state index contributed by atoms with van der Waals surface area (Å²) in [7, 11) is 1.82. The molecule has 1 saturated heterocycles. The van der Waals surface area contributed by atoms with Crippen LogP contribution in [-0.4, -0.2) is 48.2 Å². The third-order valence-electron chi connectivity index (χ3n) is 4.32. The van der Waals surface area contributed by atoms with E-state index in [1.54, 1.807) is 4.90 Å². The number of benzene rings is 1. The second kappa shape index (κ2) is 6.37. The van der Waals surface area contributed by atoms with Crippen LogP contribution in [-0.2, 0) is 4.79 Å². The Bertz CT molecular complexity index is 447. The zero-order valence-corrected chi connectivity index (χ0v) is 12.5. The van der Waals surface area contributed by atoms with Gasteiger partial charge in [0.1, 0.15) is 0 Å². The number of likely N-dealkylation sites (N-methyl/N-ethyl adjacent to an activating group) is 1. The number of nitrogens with zero attached hydrogens (tertiary/aromatic N) is 2. The van der Waals surface area contributed by atoms with Crippen LogP contribution in [0.1, 0.15) is 20.3 Å². The fourth-order valence-corrected chi connectivity index (χ4v) is 2.78. The highest BCUT2D eigenvalue weighted by Gasteiger charge is 2.32. The van der Waals surface area contributed by atoms with Crippen molar-refractivity contribution < 1.29 is 9.90 Å². The normalized spacial score (nSPS) is 22.5. The molecule has 1 aromatic carbocycles. The Labute approximate surface area is 121 Å². The third kappa shape index (κ3) is 3.19. The minimum Gasteiger partial charge on any atom is -0.393 e. The lowest BCUT2D eigenvalue weighted by molar-refractivity contribution is -0.122. The van der Waals surface area contributed by atoms with Gasteiger partial charge in [0.25, 0.3) is 0 Å². The number of rotatable bonds is 4. The van der Waals surface area contributed by atoms with Crippen LogP contribution in [0, 0.1) is 5.92 Å². The molecule has 4 nitrogen and oxygen atoms in total. The molecule has 0 aliphatic carbocycles. The van der Waals surface area contributed by atoms with Crippen LogP contribution in [0.4, 0.5) is 5.69 Å². The first-order chi connectivity index (χ1) is 9.50. The van der Waals surface area contributed by atoms with Gasteiger partial charge in [-0.25, -0.2) is 0 Å². The number of carbonyl (C=O) groups is 1. The van der Waals surface area contributed by atoms with Crippen molar-refractivity contribution in [2.75, 3.05) is 25.0 Å². The zero-order chi connectivity index (χ0) is 14.7. The molecule has 1 aliphatic heterocycles. The number of carbonyl (C=O) groups excluding carboxylic acids is 1. The Morgan fingerprint density at radius 1 is 1.35 bits per heavy atom. The predicted octanol–water partition coefficient (Wildman–Crippen LogP) is 1.74. The number of aliphatic hydroxyl groups is 1. The molecule has 2 rings (SSSR count). The van der Waals surface area contributed by atoms with Gasteiger partial charge in [0.15, 0.2) is 0 Å². The van der Waals surface area contributed by atoms with Crippen molar-refractivity contribution >= 4 is 11.6 Å². The molecule has 4 heteroatoms. The molecular weight excluding hydrogens is 252 g/mol. The van der Waals surface area contributed by atoms with Crippen LogP contribution in [0.3, 0.4) is 0 Å². The molecule has 1 aromatic rings. The van der Waals surface area contributed by atoms with E-state index in [9.17, 15) is 9.90 Å². The summed E-state index contributed by atoms with van der Waals surface area (Å²) >= 11 is 0. The average molecular weight is 276 g/mol. The molecule has 0 bridgehead atoms. The largest absolute Gasteiger partial charge is 0.393 e. The molecule has 0 aromatic heterocycles. The second-order valence-electron chi connectivity index (χ2n) is 5.69. The molecule has 0 spiro atoms. The number of hydrogen-bond acceptors (Lipinski definition) is 3. The van der Waals surface area contributed by atoms with Gasteiger partial charge >= 0.3 is 0 Å². The van der Waals surface area contributed by atoms with E-state index in [-0.39, 0.29) is 24.0 Å². The Morgan fingerprint density at radius 3 is 2.55 bits per heavy atom. The van der Waals surface area contributed by atoms with Crippen molar-refractivity contribution in [2.45, 2.75) is 32.4 Å². The van der Waals surface area contributed by atoms with E-state index in [1.165, 1.54) is 0 Å². The van der Waals surface area contributed by atoms with Crippen LogP contribution < -0.4 is 4.90 Å². The molecule has 0 saturated carbocycles. The summed E-state index contributed by atoms with van der Waals surface area (Å²) in [4.78, 5) is 16.4. The maximum Gasteiger partial charge on any atom is 0.243 e. The summed E-state index contributed by atoms with van der Waals surface area (Å²) in [5.41, 5.74) is 0.913. The molecule has 110 valence electrons. The van der Waals surface area contributed by atoms with Crippen LogP contribution in [0.25, 0.3) is 0 Å². The van der Waals surface area contributed by atoms with Crippen molar-refractivity contribution in [2.24, 2.45) is 5.92 Å². The number of aliphatic hydroxyl groups excluding tert-OH is 1. The van der Waals surface area contributed by atoms with Crippen LogP contribution in [0.2, 0.25) is 0 Å². The Balaban J connectivity index is 1.99. The minimum absolute atomic E-state index is 0.0995. The van der Waals surface area contributed by atoms with E-state index >= 15 is 0 Å². The van der Waals surface area contributed by atoms with Gasteiger partial charge in [0, 0.05) is 19.3 Å². The highest BCUT2D eigenvalue weighted by molar-refractivity contribution is 5.96. The van der Waals surface area contributed by atoms with Crippen molar-refractivity contribution in [3.63, 3.8) is 0 Å². The molecule has 1 heterocycles. The lowest BCUT2D eigenvalue weighted by atomic mass is 10.0. The first kappa shape index (κ1) is 15.0. The van der Waals surface area contributed by atoms with Gasteiger partial charge in [-0.05, 0) is 44.9 Å². The summed E-state index contributed by atoms with van der Waals surface area (Å²) in [6.07, 6.45) is 0.666. The minimum atomic E-state index is -0.297. The first-order valence-electron chi connectivity index (χ1n) is 7.25. The lowest BCUT2D eigenvalue weighted by Gasteiger charge is -2.28. The van der Waals surface area contributed by atoms with Crippen molar-refractivity contribution in [3.8, 4) is 0 Å². The van der Waals surface area contributed by atoms with Gasteiger partial charge < -0.3 is 10.0 Å². The summed E-state index contributed by atoms with van der Waals surface area (Å²) in [5.74, 6) is 0.384. The second-order valence-corrected chi connectivity index (χ2v) is 5.69. The molecule has 1 fully saturated rings. The van der Waals surface area contributed by atoms with Crippen LogP contribution in [0.15, 0.2) is 30.3 Å². The molecule has 3 unspecified atom stereocenters. The summed E-state index contributed by atoms with van der Waals surface area (Å²) in [5, 5.41) is 9.66. The Hall–Kier alpha value is -1.39. The standard InChI is InChI=1S/C16H24N2O2/c1-12(18-10-9-14(11-18)13(2)19)16(20)17(3)15-7-5-4-6-8-15/h4-8,12-14,19H,9-11H2,1-3H3. The van der Waals surface area contributed by atoms with Crippen LogP contribution >= 0.6 is 0 Å². The van der Waals surface area contributed by atoms with E-state index in [0.717, 1.165) is 25.2 Å². The van der Waals surface area contributed by atoms with Gasteiger partial charge in [-0.1, -0.05) is 18.2 Å². The maximum atomic E-state index is 12.5. The fraction of sp³-hybridized carbons (Fsp3) is 0.562. The van der Waals surface area contributed by atoms with E-state index in [2.05, 4.69) is 4.90 Å². The van der Waals surface area contributed by atoms with Gasteiger partial charge in [-0.3, -0.25) is 9.69 Å². The topological polar surface area (TPSA) is 43.8 Å². The van der Waals surface area contributed by atoms with Gasteiger partial charge in [0.2, 0.25) is 5.91 Å². The monoisotopic (exact) mass is 276 g/mol. The summed E-state index contributed by atoms with van der Waals surface area (Å²) < 4.78 is 0. The number of likely N-dealkylation sites (tertiary alicyclic amines) is 1.